The first kappa shape index (κ1) is 27.8. The number of carbonyl (C=O) groups is 1. The molecule has 0 radical (unpaired) electrons. The molecule has 33 heavy (non-hydrogen) atoms. The topological polar surface area (TPSA) is 72.9 Å². The molecule has 0 aromatic heterocycles. The Kier molecular flexibility index (Phi) is 11.9. The summed E-state index contributed by atoms with van der Waals surface area (Å²) in [4.78, 5) is 15.1. The van der Waals surface area contributed by atoms with Crippen molar-refractivity contribution in [3.8, 4) is 0 Å². The summed E-state index contributed by atoms with van der Waals surface area (Å²) in [5, 5.41) is -0.325. The lowest BCUT2D eigenvalue weighted by molar-refractivity contribution is -0.123. The molecule has 0 amide bonds. The molecule has 0 aliphatic heterocycles. The zero-order valence-corrected chi connectivity index (χ0v) is 21.7. The van der Waals surface area contributed by atoms with E-state index in [4.69, 9.17) is 9.47 Å². The summed E-state index contributed by atoms with van der Waals surface area (Å²) in [6.07, 6.45) is 3.71. The Morgan fingerprint density at radius 1 is 0.970 bits per heavy atom. The van der Waals surface area contributed by atoms with Gasteiger partial charge in [-0.05, 0) is 77.0 Å². The third-order valence-corrected chi connectivity index (χ3v) is 8.96. The van der Waals surface area contributed by atoms with Crippen molar-refractivity contribution < 1.29 is 22.7 Å². The van der Waals surface area contributed by atoms with E-state index < -0.39 is 9.84 Å². The quantitative estimate of drug-likeness (QED) is 0.348. The Morgan fingerprint density at radius 3 is 2.00 bits per heavy atom. The van der Waals surface area contributed by atoms with Crippen molar-refractivity contribution >= 4 is 21.3 Å². The molecule has 0 N–H and O–H groups in total. The van der Waals surface area contributed by atoms with Crippen LogP contribution in [0.1, 0.15) is 58.9 Å². The van der Waals surface area contributed by atoms with Gasteiger partial charge in [-0.25, -0.2) is 8.42 Å². The SMILES string of the molecule is CCOCCN(CCOCC)c1ccc(CC(=O)C2CCC(CS(=O)(=O)C(C)C)CC2)cc1. The lowest BCUT2D eigenvalue weighted by Gasteiger charge is -2.28. The molecule has 0 heterocycles. The highest BCUT2D eigenvalue weighted by molar-refractivity contribution is 7.91. The van der Waals surface area contributed by atoms with E-state index in [9.17, 15) is 13.2 Å². The number of rotatable bonds is 15. The molecule has 1 aliphatic rings. The van der Waals surface area contributed by atoms with Crippen LogP contribution in [0.4, 0.5) is 5.69 Å². The minimum absolute atomic E-state index is 0.0524. The molecule has 1 fully saturated rings. The Hall–Kier alpha value is -1.44. The van der Waals surface area contributed by atoms with E-state index in [0.29, 0.717) is 32.8 Å². The van der Waals surface area contributed by atoms with Gasteiger partial charge in [0.25, 0.3) is 0 Å². The summed E-state index contributed by atoms with van der Waals surface area (Å²) in [6.45, 7) is 11.8. The molecule has 1 aromatic carbocycles. The Labute approximate surface area is 200 Å². The summed E-state index contributed by atoms with van der Waals surface area (Å²) in [6, 6.07) is 8.24. The third kappa shape index (κ3) is 9.38. The number of sulfone groups is 1. The van der Waals surface area contributed by atoms with Crippen LogP contribution >= 0.6 is 0 Å². The summed E-state index contributed by atoms with van der Waals surface area (Å²) < 4.78 is 35.4. The highest BCUT2D eigenvalue weighted by Gasteiger charge is 2.30. The van der Waals surface area contributed by atoms with E-state index in [-0.39, 0.29) is 28.6 Å². The average molecular weight is 482 g/mol. The Balaban J connectivity index is 1.87. The monoisotopic (exact) mass is 481 g/mol. The van der Waals surface area contributed by atoms with Crippen molar-refractivity contribution in [2.24, 2.45) is 11.8 Å². The number of ether oxygens (including phenoxy) is 2. The molecule has 1 aliphatic carbocycles. The number of carbonyl (C=O) groups excluding carboxylic acids is 1. The van der Waals surface area contributed by atoms with Gasteiger partial charge in [0.15, 0.2) is 9.84 Å². The number of hydrogen-bond acceptors (Lipinski definition) is 6. The third-order valence-electron chi connectivity index (χ3n) is 6.59. The Bertz CT molecular complexity index is 788. The first-order valence-electron chi connectivity index (χ1n) is 12.5. The Morgan fingerprint density at radius 2 is 1.52 bits per heavy atom. The van der Waals surface area contributed by atoms with Gasteiger partial charge in [0, 0.05) is 44.3 Å². The van der Waals surface area contributed by atoms with Gasteiger partial charge >= 0.3 is 0 Å². The maximum atomic E-state index is 12.9. The van der Waals surface area contributed by atoms with Crippen LogP contribution in [0.15, 0.2) is 24.3 Å². The molecule has 188 valence electrons. The van der Waals surface area contributed by atoms with Crippen LogP contribution in [0.3, 0.4) is 0 Å². The van der Waals surface area contributed by atoms with Gasteiger partial charge in [0.2, 0.25) is 0 Å². The second-order valence-electron chi connectivity index (χ2n) is 9.29. The summed E-state index contributed by atoms with van der Waals surface area (Å²) in [5.41, 5.74) is 2.14. The second kappa shape index (κ2) is 14.1. The van der Waals surface area contributed by atoms with Gasteiger partial charge in [0.1, 0.15) is 5.78 Å². The average Bonchev–Trinajstić information content (AvgIpc) is 2.79. The second-order valence-corrected chi connectivity index (χ2v) is 11.9. The van der Waals surface area contributed by atoms with Crippen molar-refractivity contribution in [1.82, 2.24) is 0 Å². The molecule has 0 saturated heterocycles. The van der Waals surface area contributed by atoms with Gasteiger partial charge < -0.3 is 14.4 Å². The maximum Gasteiger partial charge on any atom is 0.152 e. The van der Waals surface area contributed by atoms with E-state index in [2.05, 4.69) is 17.0 Å². The highest BCUT2D eigenvalue weighted by Crippen LogP contribution is 2.31. The van der Waals surface area contributed by atoms with Crippen LogP contribution in [0, 0.1) is 11.8 Å². The van der Waals surface area contributed by atoms with Crippen LogP contribution in [-0.2, 0) is 30.5 Å². The largest absolute Gasteiger partial charge is 0.380 e. The zero-order valence-electron chi connectivity index (χ0n) is 20.9. The normalized spacial score (nSPS) is 19.1. The van der Waals surface area contributed by atoms with Crippen molar-refractivity contribution in [1.29, 1.82) is 0 Å². The molecule has 1 aromatic rings. The van der Waals surface area contributed by atoms with Crippen molar-refractivity contribution in [3.05, 3.63) is 29.8 Å². The summed E-state index contributed by atoms with van der Waals surface area (Å²) in [7, 11) is -3.02. The van der Waals surface area contributed by atoms with Crippen LogP contribution in [0.25, 0.3) is 0 Å². The fraction of sp³-hybridized carbons (Fsp3) is 0.731. The van der Waals surface area contributed by atoms with E-state index in [1.807, 2.05) is 26.0 Å². The van der Waals surface area contributed by atoms with Crippen molar-refractivity contribution in [3.63, 3.8) is 0 Å². The molecule has 0 atom stereocenters. The molecule has 0 spiro atoms. The molecule has 1 saturated carbocycles. The predicted octanol–water partition coefficient (Wildman–Crippen LogP) is 4.31. The summed E-state index contributed by atoms with van der Waals surface area (Å²) in [5.74, 6) is 0.782. The van der Waals surface area contributed by atoms with Crippen LogP contribution < -0.4 is 4.90 Å². The standard InChI is InChI=1S/C26H43NO5S/c1-5-31-17-15-27(16-18-32-6-2)25-13-9-22(10-14-25)19-26(28)24-11-7-23(8-12-24)20-33(29,30)21(3)4/h9-10,13-14,21,23-24H,5-8,11-12,15-20H2,1-4H3. The van der Waals surface area contributed by atoms with Crippen molar-refractivity contribution in [2.45, 2.75) is 65.0 Å². The predicted molar refractivity (Wildman–Crippen MR) is 135 cm³/mol. The molecule has 7 heteroatoms. The van der Waals surface area contributed by atoms with Gasteiger partial charge in [-0.3, -0.25) is 4.79 Å². The first-order chi connectivity index (χ1) is 15.8. The highest BCUT2D eigenvalue weighted by atomic mass is 32.2. The van der Waals surface area contributed by atoms with Crippen LogP contribution in [0.5, 0.6) is 0 Å². The van der Waals surface area contributed by atoms with Crippen LogP contribution in [-0.4, -0.2) is 64.7 Å². The molecule has 0 bridgehead atoms. The summed E-state index contributed by atoms with van der Waals surface area (Å²) >= 11 is 0. The van der Waals surface area contributed by atoms with Crippen molar-refractivity contribution in [2.75, 3.05) is 50.2 Å². The zero-order chi connectivity index (χ0) is 24.3. The van der Waals surface area contributed by atoms with E-state index >= 15 is 0 Å². The van der Waals surface area contributed by atoms with E-state index in [1.165, 1.54) is 0 Å². The fourth-order valence-corrected chi connectivity index (χ4v) is 5.73. The molecule has 0 unspecified atom stereocenters. The number of ketones is 1. The molecule has 6 nitrogen and oxygen atoms in total. The van der Waals surface area contributed by atoms with Gasteiger partial charge in [0.05, 0.1) is 24.2 Å². The molecule has 2 rings (SSSR count). The smallest absolute Gasteiger partial charge is 0.152 e. The van der Waals surface area contributed by atoms with Crippen LogP contribution in [0.2, 0.25) is 0 Å². The minimum Gasteiger partial charge on any atom is -0.380 e. The van der Waals surface area contributed by atoms with E-state index in [0.717, 1.165) is 50.0 Å². The molecular formula is C26H43NO5S. The van der Waals surface area contributed by atoms with E-state index in [1.54, 1.807) is 13.8 Å². The minimum atomic E-state index is -3.02. The fourth-order valence-electron chi connectivity index (χ4n) is 4.35. The number of benzene rings is 1. The molecular weight excluding hydrogens is 438 g/mol. The first-order valence-corrected chi connectivity index (χ1v) is 14.2. The van der Waals surface area contributed by atoms with Gasteiger partial charge in [-0.2, -0.15) is 0 Å². The lowest BCUT2D eigenvalue weighted by Crippen LogP contribution is -2.31. The lowest BCUT2D eigenvalue weighted by atomic mass is 9.79. The maximum absolute atomic E-state index is 12.9. The number of nitrogens with zero attached hydrogens (tertiary/aromatic N) is 1. The number of hydrogen-bond donors (Lipinski definition) is 0. The number of Topliss-reactive ketones (excluding diaryl/α,β-unsaturated/α-hetero) is 1. The number of anilines is 1. The van der Waals surface area contributed by atoms with Gasteiger partial charge in [-0.15, -0.1) is 0 Å². The van der Waals surface area contributed by atoms with Gasteiger partial charge in [-0.1, -0.05) is 12.1 Å².